The van der Waals surface area contributed by atoms with Crippen LogP contribution < -0.4 is 10.5 Å². The van der Waals surface area contributed by atoms with Crippen molar-refractivity contribution < 1.29 is 4.74 Å². The predicted octanol–water partition coefficient (Wildman–Crippen LogP) is 2.68. The van der Waals surface area contributed by atoms with Crippen LogP contribution in [0.25, 0.3) is 0 Å². The molecule has 0 aromatic heterocycles. The van der Waals surface area contributed by atoms with Gasteiger partial charge in [0.25, 0.3) is 0 Å². The van der Waals surface area contributed by atoms with Crippen LogP contribution in [0.5, 0.6) is 5.75 Å². The Bertz CT molecular complexity index is 336. The van der Waals surface area contributed by atoms with Crippen LogP contribution in [0, 0.1) is 0 Å². The minimum Gasteiger partial charge on any atom is -0.493 e. The summed E-state index contributed by atoms with van der Waals surface area (Å²) < 4.78 is 5.60. The molecule has 1 aromatic rings. The molecule has 0 atom stereocenters. The molecule has 2 nitrogen and oxygen atoms in total. The summed E-state index contributed by atoms with van der Waals surface area (Å²) >= 11 is 0. The van der Waals surface area contributed by atoms with Crippen LogP contribution in [0.4, 0.5) is 0 Å². The molecular weight excluding hydrogens is 198 g/mol. The van der Waals surface area contributed by atoms with Gasteiger partial charge in [-0.1, -0.05) is 18.6 Å². The molecule has 1 aliphatic rings. The van der Waals surface area contributed by atoms with Crippen molar-refractivity contribution in [3.8, 4) is 5.75 Å². The largest absolute Gasteiger partial charge is 0.493 e. The quantitative estimate of drug-likeness (QED) is 0.773. The molecule has 0 spiro atoms. The molecule has 16 heavy (non-hydrogen) atoms. The second-order valence-electron chi connectivity index (χ2n) is 4.49. The van der Waals surface area contributed by atoms with Gasteiger partial charge in [0.2, 0.25) is 0 Å². The number of fused-ring (bicyclic) bond motifs is 1. The number of nitrogens with two attached hydrogens (primary N) is 1. The van der Waals surface area contributed by atoms with Gasteiger partial charge in [-0.3, -0.25) is 0 Å². The monoisotopic (exact) mass is 219 g/mol. The second-order valence-corrected chi connectivity index (χ2v) is 4.49. The third kappa shape index (κ3) is 2.99. The van der Waals surface area contributed by atoms with Gasteiger partial charge in [0.1, 0.15) is 5.75 Å². The molecule has 0 saturated heterocycles. The van der Waals surface area contributed by atoms with Crippen molar-refractivity contribution in [1.29, 1.82) is 0 Å². The van der Waals surface area contributed by atoms with Gasteiger partial charge >= 0.3 is 0 Å². The van der Waals surface area contributed by atoms with Gasteiger partial charge in [-0.05, 0) is 55.8 Å². The van der Waals surface area contributed by atoms with Crippen molar-refractivity contribution in [2.45, 2.75) is 38.5 Å². The van der Waals surface area contributed by atoms with E-state index in [1.807, 2.05) is 0 Å². The summed E-state index contributed by atoms with van der Waals surface area (Å²) in [5, 5.41) is 0. The Morgan fingerprint density at radius 2 is 2.12 bits per heavy atom. The van der Waals surface area contributed by atoms with E-state index in [1.165, 1.54) is 36.8 Å². The third-order valence-electron chi connectivity index (χ3n) is 3.14. The fraction of sp³-hybridized carbons (Fsp3) is 0.571. The smallest absolute Gasteiger partial charge is 0.122 e. The number of hydrogen-bond acceptors (Lipinski definition) is 2. The van der Waals surface area contributed by atoms with Gasteiger partial charge in [-0.2, -0.15) is 0 Å². The first-order valence-corrected chi connectivity index (χ1v) is 6.35. The Hall–Kier alpha value is -1.02. The van der Waals surface area contributed by atoms with Gasteiger partial charge in [-0.25, -0.2) is 0 Å². The van der Waals surface area contributed by atoms with Crippen molar-refractivity contribution in [1.82, 2.24) is 0 Å². The molecule has 1 aliphatic heterocycles. The molecule has 1 heterocycles. The molecule has 0 amide bonds. The fourth-order valence-corrected chi connectivity index (χ4v) is 2.22. The molecular formula is C14H21NO. The predicted molar refractivity (Wildman–Crippen MR) is 66.9 cm³/mol. The van der Waals surface area contributed by atoms with Crippen LogP contribution in [0.15, 0.2) is 18.2 Å². The standard InChI is InChI=1S/C14H21NO/c15-9-3-1-2-5-12-7-8-14-13(11-12)6-4-10-16-14/h7-8,11H,1-6,9-10,15H2. The number of aryl methyl sites for hydroxylation is 2. The molecule has 0 unspecified atom stereocenters. The Kier molecular flexibility index (Phi) is 4.23. The van der Waals surface area contributed by atoms with E-state index in [0.717, 1.165) is 31.7 Å². The van der Waals surface area contributed by atoms with Crippen molar-refractivity contribution >= 4 is 0 Å². The molecule has 2 rings (SSSR count). The average Bonchev–Trinajstić information content (AvgIpc) is 2.34. The number of hydrogen-bond donors (Lipinski definition) is 1. The van der Waals surface area contributed by atoms with Crippen LogP contribution in [0.3, 0.4) is 0 Å². The third-order valence-corrected chi connectivity index (χ3v) is 3.14. The second kappa shape index (κ2) is 5.90. The molecule has 0 bridgehead atoms. The molecule has 0 saturated carbocycles. The van der Waals surface area contributed by atoms with Gasteiger partial charge in [0.05, 0.1) is 6.61 Å². The number of ether oxygens (including phenoxy) is 1. The maximum atomic E-state index is 5.60. The average molecular weight is 219 g/mol. The van der Waals surface area contributed by atoms with Crippen LogP contribution in [-0.2, 0) is 12.8 Å². The zero-order valence-electron chi connectivity index (χ0n) is 9.87. The Morgan fingerprint density at radius 3 is 3.00 bits per heavy atom. The van der Waals surface area contributed by atoms with Gasteiger partial charge in [-0.15, -0.1) is 0 Å². The molecule has 88 valence electrons. The van der Waals surface area contributed by atoms with Crippen molar-refractivity contribution in [2.75, 3.05) is 13.2 Å². The van der Waals surface area contributed by atoms with Crippen LogP contribution in [0.2, 0.25) is 0 Å². The van der Waals surface area contributed by atoms with Crippen molar-refractivity contribution in [3.05, 3.63) is 29.3 Å². The zero-order valence-corrected chi connectivity index (χ0v) is 9.87. The van der Waals surface area contributed by atoms with Crippen LogP contribution in [-0.4, -0.2) is 13.2 Å². The summed E-state index contributed by atoms with van der Waals surface area (Å²) in [7, 11) is 0. The summed E-state index contributed by atoms with van der Waals surface area (Å²) in [4.78, 5) is 0. The summed E-state index contributed by atoms with van der Waals surface area (Å²) in [5.74, 6) is 1.09. The Balaban J connectivity index is 1.90. The molecule has 0 fully saturated rings. The first kappa shape index (κ1) is 11.5. The van der Waals surface area contributed by atoms with E-state index in [0.29, 0.717) is 0 Å². The van der Waals surface area contributed by atoms with E-state index in [-0.39, 0.29) is 0 Å². The maximum absolute atomic E-state index is 5.60. The maximum Gasteiger partial charge on any atom is 0.122 e. The number of unbranched alkanes of at least 4 members (excludes halogenated alkanes) is 2. The summed E-state index contributed by atoms with van der Waals surface area (Å²) in [5.41, 5.74) is 8.32. The highest BCUT2D eigenvalue weighted by molar-refractivity contribution is 5.38. The highest BCUT2D eigenvalue weighted by atomic mass is 16.5. The lowest BCUT2D eigenvalue weighted by Crippen LogP contribution is -2.08. The molecule has 1 aromatic carbocycles. The summed E-state index contributed by atoms with van der Waals surface area (Å²) in [6, 6.07) is 6.65. The van der Waals surface area contributed by atoms with Gasteiger partial charge < -0.3 is 10.5 Å². The minimum atomic E-state index is 0.817. The van der Waals surface area contributed by atoms with Crippen LogP contribution >= 0.6 is 0 Å². The number of benzene rings is 1. The van der Waals surface area contributed by atoms with E-state index in [2.05, 4.69) is 18.2 Å². The lowest BCUT2D eigenvalue weighted by molar-refractivity contribution is 0.288. The molecule has 2 N–H and O–H groups in total. The van der Waals surface area contributed by atoms with E-state index in [9.17, 15) is 0 Å². The van der Waals surface area contributed by atoms with Crippen molar-refractivity contribution in [2.24, 2.45) is 5.73 Å². The molecule has 2 heteroatoms. The minimum absolute atomic E-state index is 0.817. The van der Waals surface area contributed by atoms with E-state index < -0.39 is 0 Å². The number of rotatable bonds is 5. The van der Waals surface area contributed by atoms with Crippen molar-refractivity contribution in [3.63, 3.8) is 0 Å². The Labute approximate surface area is 97.8 Å². The Morgan fingerprint density at radius 1 is 1.19 bits per heavy atom. The van der Waals surface area contributed by atoms with Gasteiger partial charge in [0, 0.05) is 0 Å². The lowest BCUT2D eigenvalue weighted by Gasteiger charge is -2.17. The zero-order chi connectivity index (χ0) is 11.2. The summed E-state index contributed by atoms with van der Waals surface area (Å²) in [6.45, 7) is 1.70. The highest BCUT2D eigenvalue weighted by Gasteiger charge is 2.09. The topological polar surface area (TPSA) is 35.2 Å². The summed E-state index contributed by atoms with van der Waals surface area (Å²) in [6.07, 6.45) is 7.14. The lowest BCUT2D eigenvalue weighted by atomic mass is 10.00. The first-order chi connectivity index (χ1) is 7.90. The first-order valence-electron chi connectivity index (χ1n) is 6.35. The fourth-order valence-electron chi connectivity index (χ4n) is 2.22. The molecule has 0 aliphatic carbocycles. The van der Waals surface area contributed by atoms with Gasteiger partial charge in [0.15, 0.2) is 0 Å². The van der Waals surface area contributed by atoms with Crippen LogP contribution in [0.1, 0.15) is 36.8 Å². The SMILES string of the molecule is NCCCCCc1ccc2c(c1)CCCO2. The molecule has 0 radical (unpaired) electrons. The van der Waals surface area contributed by atoms with E-state index in [4.69, 9.17) is 10.5 Å². The normalized spacial score (nSPS) is 14.3. The highest BCUT2D eigenvalue weighted by Crippen LogP contribution is 2.26. The van der Waals surface area contributed by atoms with E-state index in [1.54, 1.807) is 0 Å². The van der Waals surface area contributed by atoms with E-state index >= 15 is 0 Å².